The molecular weight excluding hydrogens is 376 g/mol. The summed E-state index contributed by atoms with van der Waals surface area (Å²) in [6.45, 7) is 1.86. The van der Waals surface area contributed by atoms with E-state index in [1.165, 1.54) is 11.8 Å². The summed E-state index contributed by atoms with van der Waals surface area (Å²) in [6, 6.07) is 16.9. The third-order valence-electron chi connectivity index (χ3n) is 3.22. The van der Waals surface area contributed by atoms with Gasteiger partial charge in [0.25, 0.3) is 0 Å². The smallest absolute Gasteiger partial charge is 0.214 e. The summed E-state index contributed by atoms with van der Waals surface area (Å²) in [7, 11) is 0. The zero-order valence-corrected chi connectivity index (χ0v) is 14.7. The van der Waals surface area contributed by atoms with Crippen LogP contribution in [0.5, 0.6) is 0 Å². The van der Waals surface area contributed by atoms with Crippen LogP contribution in [-0.4, -0.2) is 31.2 Å². The molecule has 0 fully saturated rings. The molecular formula is C16H13BrN4OS. The van der Waals surface area contributed by atoms with Crippen LogP contribution in [0.3, 0.4) is 0 Å². The van der Waals surface area contributed by atoms with E-state index in [9.17, 15) is 4.79 Å². The molecule has 5 nitrogen and oxygen atoms in total. The minimum absolute atomic E-state index is 0.0464. The second kappa shape index (κ2) is 7.06. The Bertz CT molecular complexity index is 804. The lowest BCUT2D eigenvalue weighted by Crippen LogP contribution is -2.14. The molecule has 1 heterocycles. The second-order valence-corrected chi connectivity index (χ2v) is 7.06. The molecule has 116 valence electrons. The minimum atomic E-state index is -0.287. The van der Waals surface area contributed by atoms with Crippen molar-refractivity contribution in [1.29, 1.82) is 0 Å². The third kappa shape index (κ3) is 3.68. The van der Waals surface area contributed by atoms with Crippen molar-refractivity contribution < 1.29 is 4.79 Å². The first kappa shape index (κ1) is 15.9. The van der Waals surface area contributed by atoms with Gasteiger partial charge in [-0.3, -0.25) is 4.79 Å². The number of carbonyl (C=O) groups excluding carboxylic acids is 1. The second-order valence-electron chi connectivity index (χ2n) is 4.84. The predicted molar refractivity (Wildman–Crippen MR) is 92.9 cm³/mol. The maximum Gasteiger partial charge on any atom is 0.214 e. The number of halogens is 1. The van der Waals surface area contributed by atoms with Gasteiger partial charge in [-0.05, 0) is 41.6 Å². The van der Waals surface area contributed by atoms with E-state index in [4.69, 9.17) is 0 Å². The first-order chi connectivity index (χ1) is 11.1. The molecule has 0 bridgehead atoms. The number of rotatable bonds is 5. The third-order valence-corrected chi connectivity index (χ3v) is 4.78. The van der Waals surface area contributed by atoms with Crippen molar-refractivity contribution in [3.05, 3.63) is 64.6 Å². The summed E-state index contributed by atoms with van der Waals surface area (Å²) in [4.78, 5) is 12.5. The number of hydrogen-bond acceptors (Lipinski definition) is 5. The van der Waals surface area contributed by atoms with Crippen molar-refractivity contribution in [2.75, 3.05) is 0 Å². The van der Waals surface area contributed by atoms with Gasteiger partial charge in [-0.15, -0.1) is 5.10 Å². The Hall–Kier alpha value is -1.99. The van der Waals surface area contributed by atoms with Gasteiger partial charge in [-0.1, -0.05) is 58.0 Å². The number of ketones is 1. The molecule has 0 N–H and O–H groups in total. The molecule has 1 aromatic heterocycles. The van der Waals surface area contributed by atoms with Crippen LogP contribution in [0, 0.1) is 0 Å². The van der Waals surface area contributed by atoms with E-state index in [0.717, 1.165) is 10.2 Å². The van der Waals surface area contributed by atoms with Crippen LogP contribution in [0.1, 0.15) is 17.3 Å². The fraction of sp³-hybridized carbons (Fsp3) is 0.125. The summed E-state index contributed by atoms with van der Waals surface area (Å²) in [5.74, 6) is 0.0464. The number of Topliss-reactive ketones (excluding diaryl/α,β-unsaturated/α-hetero) is 1. The minimum Gasteiger partial charge on any atom is -0.293 e. The van der Waals surface area contributed by atoms with Crippen LogP contribution in [0.15, 0.2) is 64.2 Å². The number of carbonyl (C=O) groups is 1. The van der Waals surface area contributed by atoms with E-state index in [0.29, 0.717) is 10.7 Å². The number of para-hydroxylation sites is 1. The van der Waals surface area contributed by atoms with Crippen molar-refractivity contribution >= 4 is 33.5 Å². The summed E-state index contributed by atoms with van der Waals surface area (Å²) in [5.41, 5.74) is 1.54. The Kier molecular flexibility index (Phi) is 4.88. The molecule has 0 saturated heterocycles. The molecule has 0 aliphatic rings. The van der Waals surface area contributed by atoms with Crippen LogP contribution in [0.25, 0.3) is 5.69 Å². The highest BCUT2D eigenvalue weighted by Crippen LogP contribution is 2.25. The summed E-state index contributed by atoms with van der Waals surface area (Å²) in [6.07, 6.45) is 0. The first-order valence-corrected chi connectivity index (χ1v) is 8.62. The van der Waals surface area contributed by atoms with Crippen molar-refractivity contribution in [3.8, 4) is 5.69 Å². The van der Waals surface area contributed by atoms with E-state index >= 15 is 0 Å². The van der Waals surface area contributed by atoms with Gasteiger partial charge in [0.05, 0.1) is 10.9 Å². The molecule has 1 atom stereocenters. The standard InChI is InChI=1S/C16H13BrN4OS/c1-11(15(22)12-7-9-13(17)10-8-12)23-16-18-19-20-21(16)14-5-3-2-4-6-14/h2-11H,1H3/t11-/m1/s1. The predicted octanol–water partition coefficient (Wildman–Crippen LogP) is 3.79. The Morgan fingerprint density at radius 3 is 2.52 bits per heavy atom. The maximum atomic E-state index is 12.5. The molecule has 0 saturated carbocycles. The van der Waals surface area contributed by atoms with Gasteiger partial charge in [0, 0.05) is 10.0 Å². The highest BCUT2D eigenvalue weighted by atomic mass is 79.9. The van der Waals surface area contributed by atoms with E-state index < -0.39 is 0 Å². The first-order valence-electron chi connectivity index (χ1n) is 6.95. The van der Waals surface area contributed by atoms with Crippen LogP contribution < -0.4 is 0 Å². The zero-order valence-electron chi connectivity index (χ0n) is 12.3. The SMILES string of the molecule is C[C@@H](Sc1nnnn1-c1ccccc1)C(=O)c1ccc(Br)cc1. The molecule has 0 unspecified atom stereocenters. The summed E-state index contributed by atoms with van der Waals surface area (Å²) in [5, 5.41) is 12.1. The molecule has 0 spiro atoms. The van der Waals surface area contributed by atoms with Gasteiger partial charge in [-0.2, -0.15) is 4.68 Å². The zero-order chi connectivity index (χ0) is 16.2. The molecule has 7 heteroatoms. The molecule has 0 aliphatic carbocycles. The van der Waals surface area contributed by atoms with Crippen LogP contribution in [-0.2, 0) is 0 Å². The van der Waals surface area contributed by atoms with Gasteiger partial charge in [0.1, 0.15) is 0 Å². The molecule has 0 radical (unpaired) electrons. The molecule has 3 aromatic rings. The summed E-state index contributed by atoms with van der Waals surface area (Å²) < 4.78 is 2.58. The monoisotopic (exact) mass is 388 g/mol. The highest BCUT2D eigenvalue weighted by molar-refractivity contribution is 9.10. The largest absolute Gasteiger partial charge is 0.293 e. The number of benzene rings is 2. The number of tetrazole rings is 1. The van der Waals surface area contributed by atoms with Crippen molar-refractivity contribution in [2.45, 2.75) is 17.3 Å². The van der Waals surface area contributed by atoms with Gasteiger partial charge < -0.3 is 0 Å². The Balaban J connectivity index is 1.79. The average molecular weight is 389 g/mol. The van der Waals surface area contributed by atoms with Crippen molar-refractivity contribution in [1.82, 2.24) is 20.2 Å². The Labute approximate surface area is 146 Å². The van der Waals surface area contributed by atoms with Gasteiger partial charge in [0.15, 0.2) is 5.78 Å². The molecule has 3 rings (SSSR count). The van der Waals surface area contributed by atoms with Crippen LogP contribution in [0.4, 0.5) is 0 Å². The van der Waals surface area contributed by atoms with Crippen molar-refractivity contribution in [2.24, 2.45) is 0 Å². The van der Waals surface area contributed by atoms with Gasteiger partial charge in [-0.25, -0.2) is 0 Å². The summed E-state index contributed by atoms with van der Waals surface area (Å²) >= 11 is 4.71. The van der Waals surface area contributed by atoms with E-state index in [2.05, 4.69) is 31.5 Å². The van der Waals surface area contributed by atoms with Gasteiger partial charge >= 0.3 is 0 Å². The molecule has 23 heavy (non-hydrogen) atoms. The molecule has 0 amide bonds. The number of hydrogen-bond donors (Lipinski definition) is 0. The maximum absolute atomic E-state index is 12.5. The lowest BCUT2D eigenvalue weighted by molar-refractivity contribution is 0.0994. The fourth-order valence-electron chi connectivity index (χ4n) is 2.04. The highest BCUT2D eigenvalue weighted by Gasteiger charge is 2.20. The molecule has 0 aliphatic heterocycles. The van der Waals surface area contributed by atoms with E-state index in [1.54, 1.807) is 4.68 Å². The van der Waals surface area contributed by atoms with E-state index in [-0.39, 0.29) is 11.0 Å². The molecule has 2 aromatic carbocycles. The Morgan fingerprint density at radius 1 is 1.13 bits per heavy atom. The fourth-order valence-corrected chi connectivity index (χ4v) is 3.19. The number of thioether (sulfide) groups is 1. The van der Waals surface area contributed by atoms with Gasteiger partial charge in [0.2, 0.25) is 5.16 Å². The normalized spacial score (nSPS) is 12.1. The quantitative estimate of drug-likeness (QED) is 0.491. The Morgan fingerprint density at radius 2 is 1.83 bits per heavy atom. The number of aromatic nitrogens is 4. The van der Waals surface area contributed by atoms with E-state index in [1.807, 2.05) is 61.5 Å². The topological polar surface area (TPSA) is 60.7 Å². The van der Waals surface area contributed by atoms with Crippen molar-refractivity contribution in [3.63, 3.8) is 0 Å². The van der Waals surface area contributed by atoms with Crippen LogP contribution in [0.2, 0.25) is 0 Å². The lowest BCUT2D eigenvalue weighted by Gasteiger charge is -2.10. The van der Waals surface area contributed by atoms with Crippen LogP contribution >= 0.6 is 27.7 Å². The number of nitrogens with zero attached hydrogens (tertiary/aromatic N) is 4. The average Bonchev–Trinajstić information content (AvgIpc) is 3.04. The lowest BCUT2D eigenvalue weighted by atomic mass is 10.1.